The van der Waals surface area contributed by atoms with E-state index in [0.29, 0.717) is 19.4 Å². The molecule has 1 saturated carbocycles. The fraction of sp³-hybridized carbons (Fsp3) is 0.650. The molecule has 1 heterocycles. The Bertz CT molecular complexity index is 652. The Morgan fingerprint density at radius 1 is 1.14 bits per heavy atom. The lowest BCUT2D eigenvalue weighted by atomic mass is 9.85. The zero-order chi connectivity index (χ0) is 20.1. The van der Waals surface area contributed by atoms with Crippen LogP contribution in [0.2, 0.25) is 0 Å². The predicted molar refractivity (Wildman–Crippen MR) is 102 cm³/mol. The number of hydrogen-bond acceptors (Lipinski definition) is 4. The van der Waals surface area contributed by atoms with Gasteiger partial charge in [-0.15, -0.1) is 0 Å². The van der Waals surface area contributed by atoms with Crippen LogP contribution in [-0.4, -0.2) is 62.9 Å². The number of hydrogen-bond donors (Lipinski definition) is 1. The highest BCUT2D eigenvalue weighted by molar-refractivity contribution is 5.78. The third kappa shape index (κ3) is 5.53. The quantitative estimate of drug-likeness (QED) is 0.827. The summed E-state index contributed by atoms with van der Waals surface area (Å²) in [5.74, 6) is -0.491. The highest BCUT2D eigenvalue weighted by atomic mass is 19.4. The van der Waals surface area contributed by atoms with Gasteiger partial charge in [-0.1, -0.05) is 6.07 Å². The van der Waals surface area contributed by atoms with Crippen LogP contribution < -0.4 is 15.0 Å². The van der Waals surface area contributed by atoms with Crippen molar-refractivity contribution in [3.63, 3.8) is 0 Å². The van der Waals surface area contributed by atoms with E-state index in [1.807, 2.05) is 24.3 Å². The van der Waals surface area contributed by atoms with Gasteiger partial charge in [-0.25, -0.2) is 0 Å². The number of methoxy groups -OCH3 is 1. The SMILES string of the molecule is COc1cccc(N2CCN(CC(=O)NC3CCC(C(F)(F)F)CC3)CC2)c1. The molecule has 0 spiro atoms. The molecule has 1 amide bonds. The van der Waals surface area contributed by atoms with E-state index in [4.69, 9.17) is 4.74 Å². The number of alkyl halides is 3. The highest BCUT2D eigenvalue weighted by Crippen LogP contribution is 2.37. The maximum Gasteiger partial charge on any atom is 0.391 e. The molecule has 5 nitrogen and oxygen atoms in total. The number of carbonyl (C=O) groups excluding carboxylic acids is 1. The summed E-state index contributed by atoms with van der Waals surface area (Å²) < 4.78 is 43.5. The maximum atomic E-state index is 12.7. The smallest absolute Gasteiger partial charge is 0.391 e. The molecule has 3 rings (SSSR count). The van der Waals surface area contributed by atoms with Gasteiger partial charge >= 0.3 is 6.18 Å². The third-order valence-electron chi connectivity index (χ3n) is 5.71. The van der Waals surface area contributed by atoms with Gasteiger partial charge < -0.3 is 15.0 Å². The van der Waals surface area contributed by atoms with Crippen molar-refractivity contribution in [2.24, 2.45) is 5.92 Å². The normalized spacial score (nSPS) is 24.1. The molecule has 1 aromatic carbocycles. The van der Waals surface area contributed by atoms with Crippen molar-refractivity contribution in [3.8, 4) is 5.75 Å². The van der Waals surface area contributed by atoms with Crippen LogP contribution in [0.25, 0.3) is 0 Å². The van der Waals surface area contributed by atoms with E-state index in [1.54, 1.807) is 7.11 Å². The fourth-order valence-corrected chi connectivity index (χ4v) is 4.01. The second-order valence-corrected chi connectivity index (χ2v) is 7.62. The molecular weight excluding hydrogens is 371 g/mol. The largest absolute Gasteiger partial charge is 0.497 e. The van der Waals surface area contributed by atoms with Crippen LogP contribution >= 0.6 is 0 Å². The third-order valence-corrected chi connectivity index (χ3v) is 5.71. The number of nitrogens with zero attached hydrogens (tertiary/aromatic N) is 2. The van der Waals surface area contributed by atoms with E-state index in [2.05, 4.69) is 15.1 Å². The molecular formula is C20H28F3N3O2. The summed E-state index contributed by atoms with van der Waals surface area (Å²) in [7, 11) is 1.64. The number of anilines is 1. The fourth-order valence-electron chi connectivity index (χ4n) is 4.01. The first kappa shape index (κ1) is 20.8. The van der Waals surface area contributed by atoms with Crippen LogP contribution in [0.15, 0.2) is 24.3 Å². The molecule has 0 aromatic heterocycles. The summed E-state index contributed by atoms with van der Waals surface area (Å²) in [5, 5.41) is 2.92. The molecule has 1 aromatic rings. The molecule has 0 radical (unpaired) electrons. The summed E-state index contributed by atoms with van der Waals surface area (Å²) in [5.41, 5.74) is 1.10. The van der Waals surface area contributed by atoms with Gasteiger partial charge in [0.05, 0.1) is 19.6 Å². The van der Waals surface area contributed by atoms with Crippen molar-refractivity contribution in [3.05, 3.63) is 24.3 Å². The van der Waals surface area contributed by atoms with Gasteiger partial charge in [0.1, 0.15) is 5.75 Å². The lowest BCUT2D eigenvalue weighted by Gasteiger charge is -2.36. The summed E-state index contributed by atoms with van der Waals surface area (Å²) in [6.45, 7) is 3.47. The second-order valence-electron chi connectivity index (χ2n) is 7.62. The number of rotatable bonds is 5. The van der Waals surface area contributed by atoms with Crippen LogP contribution in [0.3, 0.4) is 0 Å². The Labute approximate surface area is 163 Å². The van der Waals surface area contributed by atoms with E-state index in [1.165, 1.54) is 0 Å². The average molecular weight is 399 g/mol. The van der Waals surface area contributed by atoms with Crippen LogP contribution in [0.5, 0.6) is 5.75 Å². The van der Waals surface area contributed by atoms with Gasteiger partial charge in [0.15, 0.2) is 0 Å². The summed E-state index contributed by atoms with van der Waals surface area (Å²) in [6.07, 6.45) is -3.10. The van der Waals surface area contributed by atoms with Gasteiger partial charge in [0, 0.05) is 44.0 Å². The molecule has 28 heavy (non-hydrogen) atoms. The number of amides is 1. The zero-order valence-electron chi connectivity index (χ0n) is 16.2. The minimum Gasteiger partial charge on any atom is -0.497 e. The zero-order valence-corrected chi connectivity index (χ0v) is 16.2. The standard InChI is InChI=1S/C20H28F3N3O2/c1-28-18-4-2-3-17(13-18)26-11-9-25(10-12-26)14-19(27)24-16-7-5-15(6-8-16)20(21,22)23/h2-4,13,15-16H,5-12,14H2,1H3,(H,24,27). The van der Waals surface area contributed by atoms with Crippen LogP contribution in [-0.2, 0) is 4.79 Å². The van der Waals surface area contributed by atoms with Crippen LogP contribution in [0.1, 0.15) is 25.7 Å². The molecule has 0 atom stereocenters. The van der Waals surface area contributed by atoms with Crippen molar-refractivity contribution in [2.75, 3.05) is 44.7 Å². The van der Waals surface area contributed by atoms with E-state index >= 15 is 0 Å². The number of carbonyl (C=O) groups is 1. The monoisotopic (exact) mass is 399 g/mol. The Kier molecular flexibility index (Phi) is 6.69. The van der Waals surface area contributed by atoms with Crippen molar-refractivity contribution in [1.29, 1.82) is 0 Å². The first-order valence-corrected chi connectivity index (χ1v) is 9.82. The highest BCUT2D eigenvalue weighted by Gasteiger charge is 2.41. The molecule has 1 N–H and O–H groups in total. The van der Waals surface area contributed by atoms with E-state index in [-0.39, 0.29) is 24.8 Å². The van der Waals surface area contributed by atoms with Crippen LogP contribution in [0.4, 0.5) is 18.9 Å². The minimum absolute atomic E-state index is 0.0923. The summed E-state index contributed by atoms with van der Waals surface area (Å²) in [6, 6.07) is 7.78. The van der Waals surface area contributed by atoms with Gasteiger partial charge in [0.25, 0.3) is 0 Å². The molecule has 156 valence electrons. The molecule has 1 aliphatic heterocycles. The first-order valence-electron chi connectivity index (χ1n) is 9.82. The van der Waals surface area contributed by atoms with E-state index in [9.17, 15) is 18.0 Å². The Morgan fingerprint density at radius 2 is 1.82 bits per heavy atom. The predicted octanol–water partition coefficient (Wildman–Crippen LogP) is 3.05. The molecule has 0 unspecified atom stereocenters. The topological polar surface area (TPSA) is 44.8 Å². The Hall–Kier alpha value is -1.96. The summed E-state index contributed by atoms with van der Waals surface area (Å²) >= 11 is 0. The maximum absolute atomic E-state index is 12.7. The Morgan fingerprint density at radius 3 is 2.43 bits per heavy atom. The molecule has 0 bridgehead atoms. The number of benzene rings is 1. The number of nitrogens with one attached hydrogen (secondary N) is 1. The molecule has 1 saturated heterocycles. The van der Waals surface area contributed by atoms with E-state index in [0.717, 1.165) is 37.6 Å². The van der Waals surface area contributed by atoms with Crippen molar-refractivity contribution < 1.29 is 22.7 Å². The Balaban J connectivity index is 1.39. The summed E-state index contributed by atoms with van der Waals surface area (Å²) in [4.78, 5) is 16.6. The molecule has 1 aliphatic carbocycles. The lowest BCUT2D eigenvalue weighted by molar-refractivity contribution is -0.182. The average Bonchev–Trinajstić information content (AvgIpc) is 2.68. The molecule has 2 fully saturated rings. The number of piperazine rings is 1. The van der Waals surface area contributed by atoms with Crippen LogP contribution in [0, 0.1) is 5.92 Å². The van der Waals surface area contributed by atoms with E-state index < -0.39 is 12.1 Å². The van der Waals surface area contributed by atoms with Gasteiger partial charge in [-0.05, 0) is 37.8 Å². The van der Waals surface area contributed by atoms with Gasteiger partial charge in [-0.2, -0.15) is 13.2 Å². The number of ether oxygens (including phenoxy) is 1. The minimum atomic E-state index is -4.11. The molecule has 2 aliphatic rings. The van der Waals surface area contributed by atoms with Crippen molar-refractivity contribution >= 4 is 11.6 Å². The first-order chi connectivity index (χ1) is 13.3. The second kappa shape index (κ2) is 9.03. The van der Waals surface area contributed by atoms with Gasteiger partial charge in [-0.3, -0.25) is 9.69 Å². The van der Waals surface area contributed by atoms with Crippen molar-refractivity contribution in [2.45, 2.75) is 37.9 Å². The molecule has 8 heteroatoms. The lowest BCUT2D eigenvalue weighted by Crippen LogP contribution is -2.51. The van der Waals surface area contributed by atoms with Gasteiger partial charge in [0.2, 0.25) is 5.91 Å². The number of halogens is 3. The van der Waals surface area contributed by atoms with Crippen molar-refractivity contribution in [1.82, 2.24) is 10.2 Å².